The highest BCUT2D eigenvalue weighted by molar-refractivity contribution is 9.10. The van der Waals surface area contributed by atoms with Crippen LogP contribution in [0.25, 0.3) is 0 Å². The van der Waals surface area contributed by atoms with Crippen LogP contribution in [0.2, 0.25) is 0 Å². The van der Waals surface area contributed by atoms with Crippen molar-refractivity contribution in [3.05, 3.63) is 45.1 Å². The zero-order valence-corrected chi connectivity index (χ0v) is 15.1. The van der Waals surface area contributed by atoms with Crippen molar-refractivity contribution >= 4 is 49.4 Å². The highest BCUT2D eigenvalue weighted by atomic mass is 79.9. The van der Waals surface area contributed by atoms with Crippen LogP contribution in [0.5, 0.6) is 0 Å². The Hall–Kier alpha value is -1.47. The number of hydrogen-bond acceptors (Lipinski definition) is 4. The maximum atomic E-state index is 12.6. The third kappa shape index (κ3) is 3.15. The van der Waals surface area contributed by atoms with Crippen LogP contribution in [0.4, 0.5) is 11.6 Å². The van der Waals surface area contributed by atoms with Gasteiger partial charge < -0.3 is 10.2 Å². The normalized spacial score (nSPS) is 17.9. The molecular formula is C15H14Br2N4O. The van der Waals surface area contributed by atoms with Crippen molar-refractivity contribution in [2.45, 2.75) is 19.4 Å². The quantitative estimate of drug-likeness (QED) is 0.817. The van der Waals surface area contributed by atoms with E-state index in [1.54, 1.807) is 17.3 Å². The maximum absolute atomic E-state index is 12.6. The maximum Gasteiger partial charge on any atom is 0.249 e. The molecule has 1 aromatic heterocycles. The van der Waals surface area contributed by atoms with Crippen LogP contribution in [0.3, 0.4) is 0 Å². The molecule has 0 saturated carbocycles. The first-order chi connectivity index (χ1) is 10.5. The van der Waals surface area contributed by atoms with Crippen molar-refractivity contribution < 1.29 is 4.79 Å². The Bertz CT molecular complexity index is 705. The van der Waals surface area contributed by atoms with Crippen molar-refractivity contribution in [2.24, 2.45) is 0 Å². The second-order valence-corrected chi connectivity index (χ2v) is 6.90. The number of aryl methyl sites for hydroxylation is 1. The van der Waals surface area contributed by atoms with Crippen LogP contribution in [0, 0.1) is 6.92 Å². The molecule has 1 saturated heterocycles. The number of hydrogen-bond donors (Lipinski definition) is 1. The predicted octanol–water partition coefficient (Wildman–Crippen LogP) is 3.53. The van der Waals surface area contributed by atoms with Crippen molar-refractivity contribution in [1.82, 2.24) is 9.97 Å². The Labute approximate surface area is 145 Å². The van der Waals surface area contributed by atoms with E-state index in [-0.39, 0.29) is 11.9 Å². The van der Waals surface area contributed by atoms with Gasteiger partial charge in [0.2, 0.25) is 11.9 Å². The van der Waals surface area contributed by atoms with E-state index >= 15 is 0 Å². The van der Waals surface area contributed by atoms with Gasteiger partial charge in [0, 0.05) is 29.1 Å². The zero-order chi connectivity index (χ0) is 15.7. The van der Waals surface area contributed by atoms with E-state index in [1.165, 1.54) is 0 Å². The summed E-state index contributed by atoms with van der Waals surface area (Å²) in [6.07, 6.45) is 4.04. The topological polar surface area (TPSA) is 58.1 Å². The molecule has 1 fully saturated rings. The summed E-state index contributed by atoms with van der Waals surface area (Å²) in [6.45, 7) is 2.70. The molecular weight excluding hydrogens is 412 g/mol. The Balaban J connectivity index is 1.74. The molecule has 0 aliphatic carbocycles. The number of carbonyl (C=O) groups excluding carboxylic acids is 1. The smallest absolute Gasteiger partial charge is 0.249 e. The zero-order valence-electron chi connectivity index (χ0n) is 11.9. The minimum atomic E-state index is -0.287. The van der Waals surface area contributed by atoms with Gasteiger partial charge in [0.15, 0.2) is 0 Å². The molecule has 1 atom stereocenters. The summed E-state index contributed by atoms with van der Waals surface area (Å²) < 4.78 is 1.85. The largest absolute Gasteiger partial charge is 0.342 e. The van der Waals surface area contributed by atoms with E-state index < -0.39 is 0 Å². The molecule has 7 heteroatoms. The van der Waals surface area contributed by atoms with Gasteiger partial charge in [-0.3, -0.25) is 4.79 Å². The molecule has 3 rings (SSSR count). The van der Waals surface area contributed by atoms with E-state index in [0.717, 1.165) is 26.6 Å². The molecule has 1 amide bonds. The van der Waals surface area contributed by atoms with Crippen LogP contribution in [0.1, 0.15) is 12.0 Å². The third-order valence-electron chi connectivity index (χ3n) is 3.58. The molecule has 1 unspecified atom stereocenters. The van der Waals surface area contributed by atoms with E-state index in [4.69, 9.17) is 0 Å². The van der Waals surface area contributed by atoms with E-state index in [9.17, 15) is 4.79 Å². The molecule has 114 valence electrons. The minimum Gasteiger partial charge on any atom is -0.342 e. The number of amides is 1. The standard InChI is InChI=1S/C15H14Br2N4O/c1-9-6-11(2-3-12(9)17)21-5-4-13(14(21)22)20-15-18-7-10(16)8-19-15/h2-3,6-8,13H,4-5H2,1H3,(H,18,19,20). The van der Waals surface area contributed by atoms with Crippen LogP contribution < -0.4 is 10.2 Å². The lowest BCUT2D eigenvalue weighted by Crippen LogP contribution is -2.33. The minimum absolute atomic E-state index is 0.0493. The monoisotopic (exact) mass is 424 g/mol. The first-order valence-corrected chi connectivity index (χ1v) is 8.45. The number of anilines is 2. The van der Waals surface area contributed by atoms with Gasteiger partial charge in [-0.1, -0.05) is 15.9 Å². The van der Waals surface area contributed by atoms with E-state index in [2.05, 4.69) is 47.1 Å². The molecule has 5 nitrogen and oxygen atoms in total. The summed E-state index contributed by atoms with van der Waals surface area (Å²) in [7, 11) is 0. The Kier molecular flexibility index (Phi) is 4.44. The van der Waals surface area contributed by atoms with Gasteiger partial charge in [0.1, 0.15) is 6.04 Å². The molecule has 1 N–H and O–H groups in total. The fraction of sp³-hybridized carbons (Fsp3) is 0.267. The second-order valence-electron chi connectivity index (χ2n) is 5.13. The van der Waals surface area contributed by atoms with E-state index in [1.807, 2.05) is 25.1 Å². The summed E-state index contributed by atoms with van der Waals surface area (Å²) in [5, 5.41) is 3.10. The van der Waals surface area contributed by atoms with E-state index in [0.29, 0.717) is 12.5 Å². The molecule has 2 heterocycles. The highest BCUT2D eigenvalue weighted by Crippen LogP contribution is 2.27. The first kappa shape index (κ1) is 15.4. The van der Waals surface area contributed by atoms with Gasteiger partial charge in [-0.15, -0.1) is 0 Å². The Morgan fingerprint density at radius 1 is 1.27 bits per heavy atom. The highest BCUT2D eigenvalue weighted by Gasteiger charge is 2.33. The number of carbonyl (C=O) groups is 1. The van der Waals surface area contributed by atoms with Gasteiger partial charge in [0.05, 0.1) is 4.47 Å². The number of nitrogens with one attached hydrogen (secondary N) is 1. The van der Waals surface area contributed by atoms with Gasteiger partial charge in [-0.25, -0.2) is 9.97 Å². The summed E-state index contributed by atoms with van der Waals surface area (Å²) in [5.74, 6) is 0.517. The summed E-state index contributed by atoms with van der Waals surface area (Å²) in [5.41, 5.74) is 2.03. The second kappa shape index (κ2) is 6.34. The SMILES string of the molecule is Cc1cc(N2CCC(Nc3ncc(Br)cn3)C2=O)ccc1Br. The van der Waals surface area contributed by atoms with Crippen molar-refractivity contribution in [3.63, 3.8) is 0 Å². The number of halogens is 2. The van der Waals surface area contributed by atoms with Crippen molar-refractivity contribution in [2.75, 3.05) is 16.8 Å². The molecule has 1 aromatic carbocycles. The van der Waals surface area contributed by atoms with Crippen LogP contribution in [-0.2, 0) is 4.79 Å². The molecule has 1 aliphatic rings. The third-order valence-corrected chi connectivity index (χ3v) is 4.88. The summed E-state index contributed by atoms with van der Waals surface area (Å²) in [6, 6.07) is 5.65. The first-order valence-electron chi connectivity index (χ1n) is 6.86. The van der Waals surface area contributed by atoms with Crippen LogP contribution in [-0.4, -0.2) is 28.5 Å². The van der Waals surface area contributed by atoms with Crippen LogP contribution in [0.15, 0.2) is 39.5 Å². The summed E-state index contributed by atoms with van der Waals surface area (Å²) >= 11 is 6.77. The van der Waals surface area contributed by atoms with Gasteiger partial charge in [-0.05, 0) is 53.0 Å². The predicted molar refractivity (Wildman–Crippen MR) is 93.0 cm³/mol. The number of nitrogens with zero attached hydrogens (tertiary/aromatic N) is 3. The molecule has 1 aliphatic heterocycles. The average molecular weight is 426 g/mol. The molecule has 22 heavy (non-hydrogen) atoms. The fourth-order valence-corrected chi connectivity index (χ4v) is 2.86. The Morgan fingerprint density at radius 2 is 2.00 bits per heavy atom. The van der Waals surface area contributed by atoms with Crippen molar-refractivity contribution in [1.29, 1.82) is 0 Å². The lowest BCUT2D eigenvalue weighted by Gasteiger charge is -2.18. The number of benzene rings is 1. The average Bonchev–Trinajstić information content (AvgIpc) is 2.86. The molecule has 0 bridgehead atoms. The lowest BCUT2D eigenvalue weighted by molar-refractivity contribution is -0.117. The Morgan fingerprint density at radius 3 is 2.68 bits per heavy atom. The lowest BCUT2D eigenvalue weighted by atomic mass is 10.2. The fourth-order valence-electron chi connectivity index (χ4n) is 2.41. The number of rotatable bonds is 3. The van der Waals surface area contributed by atoms with Gasteiger partial charge in [0.25, 0.3) is 0 Å². The molecule has 2 aromatic rings. The molecule has 0 radical (unpaired) electrons. The number of aromatic nitrogens is 2. The van der Waals surface area contributed by atoms with Gasteiger partial charge in [-0.2, -0.15) is 0 Å². The van der Waals surface area contributed by atoms with Gasteiger partial charge >= 0.3 is 0 Å². The molecule has 0 spiro atoms. The van der Waals surface area contributed by atoms with Crippen molar-refractivity contribution in [3.8, 4) is 0 Å². The van der Waals surface area contributed by atoms with Crippen LogP contribution >= 0.6 is 31.9 Å². The summed E-state index contributed by atoms with van der Waals surface area (Å²) in [4.78, 5) is 22.7.